The number of hydrogen-bond donors (Lipinski definition) is 2. The third-order valence-electron chi connectivity index (χ3n) is 2.42. The molecular formula is C11H17ClN2O3S. The number of nitrogen functional groups attached to an aromatic ring is 1. The number of rotatable bonds is 6. The Hall–Kier alpha value is -0.820. The average Bonchev–Trinajstić information content (AvgIpc) is 2.32. The number of nitrogens with zero attached hydrogens (tertiary/aromatic N) is 1. The maximum atomic E-state index is 12.4. The molecule has 1 aromatic carbocycles. The first-order valence-electron chi connectivity index (χ1n) is 5.59. The number of hydrogen-bond acceptors (Lipinski definition) is 4. The summed E-state index contributed by atoms with van der Waals surface area (Å²) in [6.45, 7) is 2.00. The summed E-state index contributed by atoms with van der Waals surface area (Å²) in [6, 6.07) is 4.32. The van der Waals surface area contributed by atoms with Gasteiger partial charge in [0.25, 0.3) is 0 Å². The molecule has 0 atom stereocenters. The molecule has 7 heteroatoms. The Balaban J connectivity index is 3.21. The molecule has 0 bridgehead atoms. The number of sulfonamides is 1. The van der Waals surface area contributed by atoms with Crippen LogP contribution < -0.4 is 5.73 Å². The molecule has 18 heavy (non-hydrogen) atoms. The number of aliphatic hydroxyl groups is 1. The topological polar surface area (TPSA) is 83.6 Å². The Kier molecular flexibility index (Phi) is 5.40. The van der Waals surface area contributed by atoms with Gasteiger partial charge in [-0.1, -0.05) is 18.5 Å². The van der Waals surface area contributed by atoms with Crippen LogP contribution in [0.15, 0.2) is 23.1 Å². The van der Waals surface area contributed by atoms with Crippen molar-refractivity contribution in [2.75, 3.05) is 25.4 Å². The standard InChI is InChI=1S/C11H17ClN2O3S/c1-2-5-14(6-7-15)18(16,17)11-8-9(12)3-4-10(11)13/h3-4,8,15H,2,5-7,13H2,1H3. The highest BCUT2D eigenvalue weighted by Crippen LogP contribution is 2.25. The van der Waals surface area contributed by atoms with Crippen LogP contribution in [0.25, 0.3) is 0 Å². The molecule has 0 fully saturated rings. The van der Waals surface area contributed by atoms with Gasteiger partial charge in [0.05, 0.1) is 12.3 Å². The largest absolute Gasteiger partial charge is 0.398 e. The summed E-state index contributed by atoms with van der Waals surface area (Å²) in [4.78, 5) is -0.0168. The van der Waals surface area contributed by atoms with Crippen molar-refractivity contribution >= 4 is 27.3 Å². The van der Waals surface area contributed by atoms with Gasteiger partial charge in [-0.3, -0.25) is 0 Å². The van der Waals surface area contributed by atoms with Gasteiger partial charge in [0.15, 0.2) is 0 Å². The second-order valence-corrected chi connectivity index (χ2v) is 6.15. The highest BCUT2D eigenvalue weighted by atomic mass is 35.5. The van der Waals surface area contributed by atoms with E-state index in [0.717, 1.165) is 0 Å². The molecule has 0 amide bonds. The molecule has 0 heterocycles. The van der Waals surface area contributed by atoms with Crippen molar-refractivity contribution in [1.82, 2.24) is 4.31 Å². The van der Waals surface area contributed by atoms with E-state index >= 15 is 0 Å². The summed E-state index contributed by atoms with van der Waals surface area (Å²) in [5.74, 6) is 0. The smallest absolute Gasteiger partial charge is 0.245 e. The maximum absolute atomic E-state index is 12.4. The van der Waals surface area contributed by atoms with Crippen molar-refractivity contribution < 1.29 is 13.5 Å². The van der Waals surface area contributed by atoms with Gasteiger partial charge in [-0.2, -0.15) is 4.31 Å². The van der Waals surface area contributed by atoms with Gasteiger partial charge < -0.3 is 10.8 Å². The highest BCUT2D eigenvalue weighted by molar-refractivity contribution is 7.89. The normalized spacial score (nSPS) is 12.0. The van der Waals surface area contributed by atoms with E-state index in [2.05, 4.69) is 0 Å². The molecule has 0 spiro atoms. The molecular weight excluding hydrogens is 276 g/mol. The number of nitrogens with two attached hydrogens (primary N) is 1. The molecule has 102 valence electrons. The minimum Gasteiger partial charge on any atom is -0.398 e. The molecule has 0 aliphatic carbocycles. The molecule has 5 nitrogen and oxygen atoms in total. The van der Waals surface area contributed by atoms with Crippen LogP contribution in [0.1, 0.15) is 13.3 Å². The SMILES string of the molecule is CCCN(CCO)S(=O)(=O)c1cc(Cl)ccc1N. The summed E-state index contributed by atoms with van der Waals surface area (Å²) < 4.78 is 25.9. The maximum Gasteiger partial charge on any atom is 0.245 e. The van der Waals surface area contributed by atoms with Crippen LogP contribution in [0, 0.1) is 0 Å². The third-order valence-corrected chi connectivity index (χ3v) is 4.61. The van der Waals surface area contributed by atoms with Gasteiger partial charge in [-0.25, -0.2) is 8.42 Å². The Morgan fingerprint density at radius 1 is 1.39 bits per heavy atom. The van der Waals surface area contributed by atoms with Crippen LogP contribution in [-0.4, -0.2) is 37.5 Å². The Labute approximate surface area is 112 Å². The van der Waals surface area contributed by atoms with Gasteiger partial charge in [0, 0.05) is 18.1 Å². The first-order chi connectivity index (χ1) is 8.43. The van der Waals surface area contributed by atoms with E-state index in [-0.39, 0.29) is 23.7 Å². The first-order valence-corrected chi connectivity index (χ1v) is 7.41. The molecule has 0 radical (unpaired) electrons. The number of anilines is 1. The van der Waals surface area contributed by atoms with Crippen LogP contribution in [0.3, 0.4) is 0 Å². The van der Waals surface area contributed by atoms with Crippen molar-refractivity contribution in [1.29, 1.82) is 0 Å². The van der Waals surface area contributed by atoms with Crippen molar-refractivity contribution in [3.63, 3.8) is 0 Å². The van der Waals surface area contributed by atoms with Gasteiger partial charge in [0.1, 0.15) is 4.90 Å². The van der Waals surface area contributed by atoms with Crippen molar-refractivity contribution in [2.45, 2.75) is 18.2 Å². The molecule has 0 unspecified atom stereocenters. The number of aliphatic hydroxyl groups excluding tert-OH is 1. The summed E-state index contributed by atoms with van der Waals surface area (Å²) in [6.07, 6.45) is 0.652. The van der Waals surface area contributed by atoms with Gasteiger partial charge in [-0.05, 0) is 24.6 Å². The first kappa shape index (κ1) is 15.2. The van der Waals surface area contributed by atoms with Gasteiger partial charge in [0.2, 0.25) is 10.0 Å². The molecule has 0 aromatic heterocycles. The lowest BCUT2D eigenvalue weighted by atomic mass is 10.3. The van der Waals surface area contributed by atoms with E-state index in [0.29, 0.717) is 18.0 Å². The van der Waals surface area contributed by atoms with E-state index in [4.69, 9.17) is 22.4 Å². The summed E-state index contributed by atoms with van der Waals surface area (Å²) in [5.41, 5.74) is 5.83. The third kappa shape index (κ3) is 3.35. The van der Waals surface area contributed by atoms with E-state index in [1.54, 1.807) is 0 Å². The van der Waals surface area contributed by atoms with Crippen LogP contribution in [0.2, 0.25) is 5.02 Å². The zero-order chi connectivity index (χ0) is 13.8. The molecule has 3 N–H and O–H groups in total. The quantitative estimate of drug-likeness (QED) is 0.775. The molecule has 1 rings (SSSR count). The Bertz CT molecular complexity index is 499. The zero-order valence-corrected chi connectivity index (χ0v) is 11.7. The fourth-order valence-electron chi connectivity index (χ4n) is 1.58. The fourth-order valence-corrected chi connectivity index (χ4v) is 3.49. The lowest BCUT2D eigenvalue weighted by Gasteiger charge is -2.21. The Morgan fingerprint density at radius 2 is 2.06 bits per heavy atom. The predicted octanol–water partition coefficient (Wildman–Crippen LogP) is 1.32. The minimum absolute atomic E-state index is 0.0168. The fraction of sp³-hybridized carbons (Fsp3) is 0.455. The van der Waals surface area contributed by atoms with Crippen LogP contribution in [-0.2, 0) is 10.0 Å². The summed E-state index contributed by atoms with van der Waals surface area (Å²) >= 11 is 5.79. The molecule has 0 aliphatic heterocycles. The number of benzene rings is 1. The lowest BCUT2D eigenvalue weighted by Crippen LogP contribution is -2.34. The molecule has 0 aliphatic rings. The predicted molar refractivity (Wildman–Crippen MR) is 72.0 cm³/mol. The van der Waals surface area contributed by atoms with E-state index < -0.39 is 10.0 Å². The van der Waals surface area contributed by atoms with Crippen molar-refractivity contribution in [3.05, 3.63) is 23.2 Å². The van der Waals surface area contributed by atoms with E-state index in [1.807, 2.05) is 6.92 Å². The summed E-state index contributed by atoms with van der Waals surface area (Å²) in [5, 5.41) is 9.24. The zero-order valence-electron chi connectivity index (χ0n) is 10.1. The van der Waals surface area contributed by atoms with Crippen molar-refractivity contribution in [3.8, 4) is 0 Å². The van der Waals surface area contributed by atoms with Crippen LogP contribution in [0.5, 0.6) is 0 Å². The second kappa shape index (κ2) is 6.38. The average molecular weight is 293 g/mol. The van der Waals surface area contributed by atoms with E-state index in [9.17, 15) is 8.42 Å². The van der Waals surface area contributed by atoms with Gasteiger partial charge >= 0.3 is 0 Å². The lowest BCUT2D eigenvalue weighted by molar-refractivity contribution is 0.253. The minimum atomic E-state index is -3.71. The van der Waals surface area contributed by atoms with Crippen LogP contribution >= 0.6 is 11.6 Å². The molecule has 0 saturated carbocycles. The van der Waals surface area contributed by atoms with Gasteiger partial charge in [-0.15, -0.1) is 0 Å². The highest BCUT2D eigenvalue weighted by Gasteiger charge is 2.25. The Morgan fingerprint density at radius 3 is 2.61 bits per heavy atom. The number of halogens is 1. The molecule has 1 aromatic rings. The van der Waals surface area contributed by atoms with Crippen LogP contribution in [0.4, 0.5) is 5.69 Å². The molecule has 0 saturated heterocycles. The monoisotopic (exact) mass is 292 g/mol. The van der Waals surface area contributed by atoms with E-state index in [1.165, 1.54) is 22.5 Å². The second-order valence-electron chi connectivity index (χ2n) is 3.81. The van der Waals surface area contributed by atoms with Crippen molar-refractivity contribution in [2.24, 2.45) is 0 Å². The summed E-state index contributed by atoms with van der Waals surface area (Å²) in [7, 11) is -3.71.